The quantitative estimate of drug-likeness (QED) is 0.181. The fourth-order valence-corrected chi connectivity index (χ4v) is 6.79. The maximum Gasteiger partial charge on any atom is 0.227 e. The van der Waals surface area contributed by atoms with Crippen molar-refractivity contribution < 1.29 is 14.0 Å². The summed E-state index contributed by atoms with van der Waals surface area (Å²) < 4.78 is 15.2. The molecule has 1 aliphatic rings. The Morgan fingerprint density at radius 3 is 1.89 bits per heavy atom. The highest BCUT2D eigenvalue weighted by atomic mass is 19.1. The van der Waals surface area contributed by atoms with Gasteiger partial charge in [0, 0.05) is 22.7 Å². The van der Waals surface area contributed by atoms with Crippen LogP contribution in [0.4, 0.5) is 4.39 Å². The Morgan fingerprint density at radius 1 is 0.778 bits per heavy atom. The molecule has 1 saturated heterocycles. The third kappa shape index (κ3) is 8.25. The summed E-state index contributed by atoms with van der Waals surface area (Å²) >= 11 is 0. The van der Waals surface area contributed by atoms with Crippen LogP contribution in [0.25, 0.3) is 22.3 Å². The van der Waals surface area contributed by atoms with Crippen LogP contribution in [-0.4, -0.2) is 28.9 Å². The minimum atomic E-state index is -0.621. The summed E-state index contributed by atoms with van der Waals surface area (Å²) in [6.45, 7) is 10.4. The van der Waals surface area contributed by atoms with E-state index in [1.54, 1.807) is 19.1 Å². The fourth-order valence-electron chi connectivity index (χ4n) is 6.79. The van der Waals surface area contributed by atoms with Gasteiger partial charge in [-0.15, -0.1) is 0 Å². The molecule has 2 amide bonds. The highest BCUT2D eigenvalue weighted by Gasteiger charge is 2.38. The van der Waals surface area contributed by atoms with Gasteiger partial charge in [0.1, 0.15) is 5.82 Å². The number of carbonyl (C=O) groups is 2. The zero-order chi connectivity index (χ0) is 32.2. The molecule has 1 fully saturated rings. The molecule has 234 valence electrons. The Labute approximate surface area is 266 Å². The average Bonchev–Trinajstić information content (AvgIpc) is 2.99. The van der Waals surface area contributed by atoms with E-state index in [2.05, 4.69) is 43.6 Å². The molecule has 5 nitrogen and oxygen atoms in total. The van der Waals surface area contributed by atoms with E-state index in [1.165, 1.54) is 6.07 Å². The maximum absolute atomic E-state index is 15.2. The number of rotatable bonds is 9. The largest absolute Gasteiger partial charge is 0.353 e. The van der Waals surface area contributed by atoms with E-state index in [-0.39, 0.29) is 41.2 Å². The van der Waals surface area contributed by atoms with Crippen molar-refractivity contribution in [3.8, 4) is 22.3 Å². The zero-order valence-electron chi connectivity index (χ0n) is 26.9. The summed E-state index contributed by atoms with van der Waals surface area (Å²) in [5.74, 6) is -1.38. The van der Waals surface area contributed by atoms with Crippen LogP contribution in [-0.2, 0) is 9.59 Å². The van der Waals surface area contributed by atoms with E-state index in [9.17, 15) is 9.59 Å². The lowest BCUT2D eigenvalue weighted by Gasteiger charge is -2.46. The van der Waals surface area contributed by atoms with Crippen molar-refractivity contribution in [1.82, 2.24) is 16.0 Å². The van der Waals surface area contributed by atoms with Gasteiger partial charge in [0.2, 0.25) is 11.8 Å². The van der Waals surface area contributed by atoms with Gasteiger partial charge in [-0.25, -0.2) is 4.39 Å². The number of carbonyl (C=O) groups excluding carboxylic acids is 2. The SMILES string of the molecule is C[C@H](C(=O)NC(CC(=O)NC1CC(C)(C)NC(C)(C)C1)c1ccc(-c2ccccc2)cc1)c1ccc(-c2ccccc2)c(F)c1. The maximum atomic E-state index is 15.2. The third-order valence-corrected chi connectivity index (χ3v) is 8.65. The first kappa shape index (κ1) is 32.1. The van der Waals surface area contributed by atoms with Gasteiger partial charge in [0.15, 0.2) is 0 Å². The highest BCUT2D eigenvalue weighted by Crippen LogP contribution is 2.30. The molecule has 0 aromatic heterocycles. The van der Waals surface area contributed by atoms with E-state index in [0.717, 1.165) is 35.1 Å². The van der Waals surface area contributed by atoms with Gasteiger partial charge in [0.25, 0.3) is 0 Å². The first-order valence-corrected chi connectivity index (χ1v) is 15.8. The molecule has 0 bridgehead atoms. The van der Waals surface area contributed by atoms with Gasteiger partial charge in [-0.05, 0) is 81.3 Å². The number of amides is 2. The molecule has 0 saturated carbocycles. The third-order valence-electron chi connectivity index (χ3n) is 8.65. The van der Waals surface area contributed by atoms with Crippen LogP contribution in [0.2, 0.25) is 0 Å². The van der Waals surface area contributed by atoms with Crippen LogP contribution in [0.1, 0.15) is 77.0 Å². The molecule has 3 N–H and O–H groups in total. The molecular formula is C39H44FN3O2. The Morgan fingerprint density at radius 2 is 1.31 bits per heavy atom. The van der Waals surface area contributed by atoms with Crippen molar-refractivity contribution in [1.29, 1.82) is 0 Å². The topological polar surface area (TPSA) is 70.2 Å². The first-order valence-electron chi connectivity index (χ1n) is 15.8. The number of piperidine rings is 1. The molecule has 2 atom stereocenters. The first-order chi connectivity index (χ1) is 21.4. The highest BCUT2D eigenvalue weighted by molar-refractivity contribution is 5.85. The molecule has 0 aliphatic carbocycles. The van der Waals surface area contributed by atoms with Gasteiger partial charge in [-0.3, -0.25) is 9.59 Å². The zero-order valence-corrected chi connectivity index (χ0v) is 26.9. The van der Waals surface area contributed by atoms with Crippen molar-refractivity contribution >= 4 is 11.8 Å². The predicted octanol–water partition coefficient (Wildman–Crippen LogP) is 7.94. The second kappa shape index (κ2) is 13.4. The van der Waals surface area contributed by atoms with Crippen LogP contribution in [0.3, 0.4) is 0 Å². The van der Waals surface area contributed by atoms with Crippen molar-refractivity contribution in [3.05, 3.63) is 120 Å². The van der Waals surface area contributed by atoms with Crippen molar-refractivity contribution in [2.45, 2.75) is 83.0 Å². The minimum Gasteiger partial charge on any atom is -0.353 e. The van der Waals surface area contributed by atoms with Gasteiger partial charge < -0.3 is 16.0 Å². The molecule has 1 aliphatic heterocycles. The lowest BCUT2D eigenvalue weighted by Crippen LogP contribution is -2.62. The van der Waals surface area contributed by atoms with Crippen molar-refractivity contribution in [2.24, 2.45) is 0 Å². The molecule has 4 aromatic carbocycles. The Kier molecular flexibility index (Phi) is 9.54. The van der Waals surface area contributed by atoms with E-state index in [4.69, 9.17) is 0 Å². The normalized spacial score (nSPS) is 17.2. The summed E-state index contributed by atoms with van der Waals surface area (Å²) in [6, 6.07) is 31.8. The standard InChI is InChI=1S/C39H44FN3O2/c1-26(31-20-21-33(34(40)22-31)29-14-10-7-11-15-29)37(45)42-35(30-18-16-28(17-19-30)27-12-8-6-9-13-27)23-36(44)41-32-24-38(2,3)43-39(4,5)25-32/h6-22,26,32,35,43H,23-25H2,1-5H3,(H,41,44)(H,42,45)/t26-,35?/m0/s1. The smallest absolute Gasteiger partial charge is 0.227 e. The van der Waals surface area contributed by atoms with Gasteiger partial charge in [-0.2, -0.15) is 0 Å². The summed E-state index contributed by atoms with van der Waals surface area (Å²) in [4.78, 5) is 27.2. The molecular weight excluding hydrogens is 561 g/mol. The Balaban J connectivity index is 1.35. The molecule has 4 aromatic rings. The molecule has 1 heterocycles. The van der Waals surface area contributed by atoms with E-state index in [1.807, 2.05) is 84.9 Å². The van der Waals surface area contributed by atoms with Gasteiger partial charge in [-0.1, -0.05) is 97.1 Å². The molecule has 1 unspecified atom stereocenters. The monoisotopic (exact) mass is 605 g/mol. The number of hydrogen-bond donors (Lipinski definition) is 3. The van der Waals surface area contributed by atoms with Gasteiger partial charge >= 0.3 is 0 Å². The summed E-state index contributed by atoms with van der Waals surface area (Å²) in [5, 5.41) is 10.0. The van der Waals surface area contributed by atoms with Crippen LogP contribution in [0.15, 0.2) is 103 Å². The molecule has 6 heteroatoms. The predicted molar refractivity (Wildman–Crippen MR) is 180 cm³/mol. The van der Waals surface area contributed by atoms with Crippen LogP contribution in [0.5, 0.6) is 0 Å². The summed E-state index contributed by atoms with van der Waals surface area (Å²) in [6.07, 6.45) is 1.72. The lowest BCUT2D eigenvalue weighted by molar-refractivity contribution is -0.124. The van der Waals surface area contributed by atoms with Crippen molar-refractivity contribution in [3.63, 3.8) is 0 Å². The summed E-state index contributed by atoms with van der Waals surface area (Å²) in [7, 11) is 0. The van der Waals surface area contributed by atoms with Crippen LogP contribution < -0.4 is 16.0 Å². The Hall–Kier alpha value is -4.29. The minimum absolute atomic E-state index is 0.0191. The fraction of sp³-hybridized carbons (Fsp3) is 0.333. The second-order valence-electron chi connectivity index (χ2n) is 13.6. The number of hydrogen-bond acceptors (Lipinski definition) is 3. The number of benzene rings is 4. The Bertz CT molecular complexity index is 1600. The van der Waals surface area contributed by atoms with E-state index in [0.29, 0.717) is 11.1 Å². The second-order valence-corrected chi connectivity index (χ2v) is 13.6. The van der Waals surface area contributed by atoms with E-state index >= 15 is 4.39 Å². The number of nitrogens with one attached hydrogen (secondary N) is 3. The average molecular weight is 606 g/mol. The van der Waals surface area contributed by atoms with Crippen molar-refractivity contribution in [2.75, 3.05) is 0 Å². The van der Waals surface area contributed by atoms with Gasteiger partial charge in [0.05, 0.1) is 18.4 Å². The van der Waals surface area contributed by atoms with E-state index < -0.39 is 12.0 Å². The molecule has 45 heavy (non-hydrogen) atoms. The molecule has 5 rings (SSSR count). The number of halogens is 1. The lowest BCUT2D eigenvalue weighted by atomic mass is 9.79. The van der Waals surface area contributed by atoms with Crippen LogP contribution in [0, 0.1) is 5.82 Å². The van der Waals surface area contributed by atoms with Crippen LogP contribution >= 0.6 is 0 Å². The summed E-state index contributed by atoms with van der Waals surface area (Å²) in [5.41, 5.74) is 4.60. The molecule has 0 spiro atoms. The molecule has 0 radical (unpaired) electrons.